The monoisotopic (exact) mass is 607 g/mol. The number of amides is 1. The molecule has 44 heavy (non-hydrogen) atoms. The number of ether oxygens (including phenoxy) is 1. The van der Waals surface area contributed by atoms with Crippen molar-refractivity contribution in [2.75, 3.05) is 0 Å². The molecular weight excluding hydrogens is 570 g/mol. The van der Waals surface area contributed by atoms with E-state index in [1.54, 1.807) is 19.1 Å². The van der Waals surface area contributed by atoms with Crippen LogP contribution in [0.3, 0.4) is 0 Å². The van der Waals surface area contributed by atoms with Crippen LogP contribution < -0.4 is 5.73 Å². The summed E-state index contributed by atoms with van der Waals surface area (Å²) in [5.41, 5.74) is 2.63. The molecular formula is C33H37NO10. The van der Waals surface area contributed by atoms with Crippen molar-refractivity contribution >= 4 is 40.8 Å². The second kappa shape index (κ2) is 11.0. The van der Waals surface area contributed by atoms with Crippen molar-refractivity contribution < 1.29 is 48.5 Å². The Morgan fingerprint density at radius 1 is 1.02 bits per heavy atom. The minimum Gasteiger partial charge on any atom is -0.507 e. The number of fused-ring (bicyclic) bond motifs is 4. The molecule has 234 valence electrons. The minimum atomic E-state index is -2.96. The fourth-order valence-corrected chi connectivity index (χ4v) is 9.15. The van der Waals surface area contributed by atoms with Gasteiger partial charge in [-0.15, -0.1) is 0 Å². The van der Waals surface area contributed by atoms with Gasteiger partial charge in [0.05, 0.1) is 11.5 Å². The van der Waals surface area contributed by atoms with Gasteiger partial charge in [0.15, 0.2) is 34.7 Å². The van der Waals surface area contributed by atoms with Crippen molar-refractivity contribution in [3.05, 3.63) is 29.3 Å². The van der Waals surface area contributed by atoms with Gasteiger partial charge in [0.2, 0.25) is 5.91 Å². The topological polar surface area (TPSA) is 195 Å². The van der Waals surface area contributed by atoms with Crippen LogP contribution in [0.5, 0.6) is 5.75 Å². The van der Waals surface area contributed by atoms with Gasteiger partial charge < -0.3 is 20.7 Å². The van der Waals surface area contributed by atoms with Crippen LogP contribution in [0.4, 0.5) is 0 Å². The highest BCUT2D eigenvalue weighted by Crippen LogP contribution is 2.55. The highest BCUT2D eigenvalue weighted by atomic mass is 16.5. The van der Waals surface area contributed by atoms with Gasteiger partial charge in [-0.05, 0) is 54.6 Å². The number of aromatic hydroxyl groups is 1. The number of rotatable bonds is 7. The van der Waals surface area contributed by atoms with E-state index in [2.05, 4.69) is 0 Å². The van der Waals surface area contributed by atoms with E-state index in [9.17, 15) is 43.8 Å². The zero-order valence-corrected chi connectivity index (χ0v) is 24.5. The Morgan fingerprint density at radius 3 is 2.50 bits per heavy atom. The summed E-state index contributed by atoms with van der Waals surface area (Å²) in [6.45, 7) is 1.70. The van der Waals surface area contributed by atoms with E-state index >= 15 is 0 Å². The molecule has 0 saturated heterocycles. The Hall–Kier alpha value is -3.73. The van der Waals surface area contributed by atoms with Crippen LogP contribution in [-0.4, -0.2) is 62.7 Å². The molecule has 0 radical (unpaired) electrons. The highest BCUT2D eigenvalue weighted by Gasteiger charge is 2.71. The number of benzene rings is 1. The van der Waals surface area contributed by atoms with E-state index in [-0.39, 0.29) is 17.7 Å². The van der Waals surface area contributed by atoms with Gasteiger partial charge in [-0.3, -0.25) is 33.6 Å². The summed E-state index contributed by atoms with van der Waals surface area (Å²) in [7, 11) is 0. The Balaban J connectivity index is 1.26. The molecule has 0 aliphatic heterocycles. The van der Waals surface area contributed by atoms with Crippen LogP contribution in [0.1, 0.15) is 86.6 Å². The number of ketones is 5. The SMILES string of the molecule is C[C@H]1c2cccc(O)c2C(=O)C2C(=O)[C@]3(O)C(=O)C(C(N)=O)C(=O)C[C@@H]3[C@@H](OC(=O)CCCCC3CCC4CC(=O)CC34)[C@@H]21. The number of Topliss-reactive ketones (excluding diaryl/α,β-unsaturated/α-hetero) is 5. The number of esters is 1. The van der Waals surface area contributed by atoms with Crippen LogP contribution in [0, 0.1) is 41.4 Å². The smallest absolute Gasteiger partial charge is 0.306 e. The molecule has 1 aromatic carbocycles. The highest BCUT2D eigenvalue weighted by molar-refractivity contribution is 6.31. The molecule has 0 bridgehead atoms. The first kappa shape index (κ1) is 30.3. The van der Waals surface area contributed by atoms with Crippen molar-refractivity contribution in [2.24, 2.45) is 47.2 Å². The maximum atomic E-state index is 13.9. The first-order chi connectivity index (χ1) is 20.9. The fraction of sp³-hybridized carbons (Fsp3) is 0.606. The predicted octanol–water partition coefficient (Wildman–Crippen LogP) is 1.98. The summed E-state index contributed by atoms with van der Waals surface area (Å²) < 4.78 is 5.92. The average molecular weight is 608 g/mol. The van der Waals surface area contributed by atoms with Crippen LogP contribution in [0.25, 0.3) is 0 Å². The lowest BCUT2D eigenvalue weighted by molar-refractivity contribution is -0.198. The zero-order valence-electron chi connectivity index (χ0n) is 24.5. The number of hydrogen-bond donors (Lipinski definition) is 3. The molecule has 11 heteroatoms. The van der Waals surface area contributed by atoms with Crippen LogP contribution >= 0.6 is 0 Å². The van der Waals surface area contributed by atoms with Gasteiger partial charge in [0, 0.05) is 37.5 Å². The third kappa shape index (κ3) is 4.53. The van der Waals surface area contributed by atoms with Gasteiger partial charge >= 0.3 is 5.97 Å². The van der Waals surface area contributed by atoms with Gasteiger partial charge in [0.25, 0.3) is 0 Å². The molecule has 5 aliphatic rings. The van der Waals surface area contributed by atoms with Crippen LogP contribution in [-0.2, 0) is 33.5 Å². The number of carbonyl (C=O) groups is 7. The lowest BCUT2D eigenvalue weighted by atomic mass is 9.50. The second-order valence-electron chi connectivity index (χ2n) is 13.5. The average Bonchev–Trinajstić information content (AvgIpc) is 3.51. The summed E-state index contributed by atoms with van der Waals surface area (Å²) in [5.74, 6) is -11.9. The normalized spacial score (nSPS) is 37.7. The number of carbonyl (C=O) groups excluding carboxylic acids is 7. The fourth-order valence-electron chi connectivity index (χ4n) is 9.15. The Morgan fingerprint density at radius 2 is 1.77 bits per heavy atom. The molecule has 1 aromatic rings. The van der Waals surface area contributed by atoms with E-state index in [1.807, 2.05) is 0 Å². The van der Waals surface area contributed by atoms with E-state index in [4.69, 9.17) is 10.5 Å². The van der Waals surface area contributed by atoms with Crippen molar-refractivity contribution in [3.63, 3.8) is 0 Å². The molecule has 6 rings (SSSR count). The van der Waals surface area contributed by atoms with E-state index in [1.165, 1.54) is 6.07 Å². The van der Waals surface area contributed by atoms with E-state index in [0.29, 0.717) is 48.4 Å². The first-order valence-corrected chi connectivity index (χ1v) is 15.6. The number of unbranched alkanes of at least 4 members (excludes halogenated alkanes) is 1. The molecule has 4 saturated carbocycles. The molecule has 4 fully saturated rings. The number of aliphatic hydroxyl groups is 1. The molecule has 5 unspecified atom stereocenters. The largest absolute Gasteiger partial charge is 0.507 e. The maximum Gasteiger partial charge on any atom is 0.306 e. The number of primary amides is 1. The van der Waals surface area contributed by atoms with Crippen molar-refractivity contribution in [1.82, 2.24) is 0 Å². The van der Waals surface area contributed by atoms with Crippen molar-refractivity contribution in [1.29, 1.82) is 0 Å². The maximum absolute atomic E-state index is 13.9. The van der Waals surface area contributed by atoms with Crippen molar-refractivity contribution in [3.8, 4) is 5.75 Å². The third-order valence-corrected chi connectivity index (χ3v) is 11.2. The number of phenolic OH excluding ortho intramolecular Hbond substituents is 1. The van der Waals surface area contributed by atoms with E-state index in [0.717, 1.165) is 25.7 Å². The lowest BCUT2D eigenvalue weighted by Crippen LogP contribution is -2.73. The zero-order chi connectivity index (χ0) is 31.7. The summed E-state index contributed by atoms with van der Waals surface area (Å²) in [4.78, 5) is 91.4. The molecule has 0 heterocycles. The number of hydrogen-bond acceptors (Lipinski definition) is 10. The van der Waals surface area contributed by atoms with Crippen LogP contribution in [0.2, 0.25) is 0 Å². The molecule has 0 spiro atoms. The third-order valence-electron chi connectivity index (χ3n) is 11.2. The molecule has 4 N–H and O–H groups in total. The Labute approximate surface area is 253 Å². The Bertz CT molecular complexity index is 1480. The minimum absolute atomic E-state index is 0.00175. The van der Waals surface area contributed by atoms with Gasteiger partial charge in [-0.1, -0.05) is 31.9 Å². The summed E-state index contributed by atoms with van der Waals surface area (Å²) in [6.07, 6.45) is 3.53. The van der Waals surface area contributed by atoms with Gasteiger partial charge in [0.1, 0.15) is 17.6 Å². The van der Waals surface area contributed by atoms with Gasteiger partial charge in [-0.25, -0.2) is 0 Å². The second-order valence-corrected chi connectivity index (χ2v) is 13.5. The molecule has 11 nitrogen and oxygen atoms in total. The first-order valence-electron chi connectivity index (χ1n) is 15.6. The van der Waals surface area contributed by atoms with Crippen LogP contribution in [0.15, 0.2) is 18.2 Å². The number of phenols is 1. The molecule has 1 amide bonds. The lowest BCUT2D eigenvalue weighted by Gasteiger charge is -2.53. The van der Waals surface area contributed by atoms with Gasteiger partial charge in [-0.2, -0.15) is 0 Å². The van der Waals surface area contributed by atoms with Crippen molar-refractivity contribution in [2.45, 2.75) is 82.3 Å². The molecule has 5 aliphatic carbocycles. The number of nitrogens with two attached hydrogens (primary N) is 1. The standard InChI is InChI=1S/C33H37NO10/c1-14-18-6-4-7-21(36)25(18)28(39)27-24(14)29(20-13-22(37)26(32(34)42)30(40)33(20,43)31(27)41)44-23(38)8-3-2-5-15-9-10-16-11-17(35)12-19(15)16/h4,6-7,14-16,19-20,24,26-27,29,36,43H,2-3,5,8-13H2,1H3,(H2,34,42)/t14-,15?,16?,19?,20+,24+,26?,27?,29+,33+/m0/s1. The quantitative estimate of drug-likeness (QED) is 0.234. The summed E-state index contributed by atoms with van der Waals surface area (Å²) in [6, 6.07) is 4.44. The molecule has 0 aromatic heterocycles. The molecule has 10 atom stereocenters. The predicted molar refractivity (Wildman–Crippen MR) is 151 cm³/mol. The summed E-state index contributed by atoms with van der Waals surface area (Å²) in [5, 5.41) is 22.3. The summed E-state index contributed by atoms with van der Waals surface area (Å²) >= 11 is 0. The van der Waals surface area contributed by atoms with E-state index < -0.39 is 82.7 Å². The Kier molecular flexibility index (Phi) is 7.58.